The summed E-state index contributed by atoms with van der Waals surface area (Å²) in [6, 6.07) is 12.4. The van der Waals surface area contributed by atoms with Gasteiger partial charge in [0, 0.05) is 62.0 Å². The monoisotopic (exact) mass is 453 g/mol. The molecular formula is C26H35N3O4. The number of ether oxygens (including phenoxy) is 2. The number of methoxy groups -OCH3 is 2. The minimum Gasteiger partial charge on any atom is -0.497 e. The average Bonchev–Trinajstić information content (AvgIpc) is 2.82. The number of likely N-dealkylation sites (N-methyl/N-ethyl adjacent to an activating group) is 1. The van der Waals surface area contributed by atoms with Crippen LogP contribution in [0.5, 0.6) is 11.5 Å². The number of anilines is 1. The molecule has 2 aromatic rings. The quantitative estimate of drug-likeness (QED) is 0.585. The number of piperazine rings is 1. The number of nitrogens with zero attached hydrogens (tertiary/aromatic N) is 2. The van der Waals surface area contributed by atoms with E-state index < -0.39 is 6.04 Å². The molecule has 1 saturated heterocycles. The predicted molar refractivity (Wildman–Crippen MR) is 131 cm³/mol. The molecule has 7 nitrogen and oxygen atoms in total. The molecule has 2 aromatic carbocycles. The van der Waals surface area contributed by atoms with Gasteiger partial charge in [-0.25, -0.2) is 0 Å². The van der Waals surface area contributed by atoms with Crippen LogP contribution < -0.4 is 14.8 Å². The van der Waals surface area contributed by atoms with Crippen LogP contribution in [0.2, 0.25) is 0 Å². The summed E-state index contributed by atoms with van der Waals surface area (Å²) >= 11 is 0. The number of hydrogen-bond donors (Lipinski definition) is 1. The highest BCUT2D eigenvalue weighted by Crippen LogP contribution is 2.26. The van der Waals surface area contributed by atoms with E-state index in [1.807, 2.05) is 24.3 Å². The van der Waals surface area contributed by atoms with Gasteiger partial charge in [-0.15, -0.1) is 0 Å². The summed E-state index contributed by atoms with van der Waals surface area (Å²) in [6.45, 7) is 7.42. The number of ketones is 1. The lowest BCUT2D eigenvalue weighted by Crippen LogP contribution is -2.53. The summed E-state index contributed by atoms with van der Waals surface area (Å²) in [5.74, 6) is 1.33. The Balaban J connectivity index is 1.80. The first-order valence-electron chi connectivity index (χ1n) is 11.4. The molecule has 178 valence electrons. The fourth-order valence-electron chi connectivity index (χ4n) is 3.97. The molecule has 1 N–H and O–H groups in total. The maximum atomic E-state index is 13.4. The Hall–Kier alpha value is -2.90. The van der Waals surface area contributed by atoms with Gasteiger partial charge in [-0.05, 0) is 18.5 Å². The maximum Gasteiger partial charge on any atom is 0.242 e. The summed E-state index contributed by atoms with van der Waals surface area (Å²) < 4.78 is 10.6. The second-order valence-electron chi connectivity index (χ2n) is 8.85. The van der Waals surface area contributed by atoms with Gasteiger partial charge in [0.1, 0.15) is 11.5 Å². The Morgan fingerprint density at radius 3 is 2.03 bits per heavy atom. The molecule has 1 fully saturated rings. The molecule has 0 aliphatic carbocycles. The van der Waals surface area contributed by atoms with Gasteiger partial charge in [-0.3, -0.25) is 14.5 Å². The molecule has 1 heterocycles. The molecule has 0 spiro atoms. The van der Waals surface area contributed by atoms with Crippen molar-refractivity contribution in [1.29, 1.82) is 0 Å². The largest absolute Gasteiger partial charge is 0.497 e. The Labute approximate surface area is 196 Å². The van der Waals surface area contributed by atoms with Crippen molar-refractivity contribution >= 4 is 17.4 Å². The van der Waals surface area contributed by atoms with Crippen LogP contribution in [-0.4, -0.2) is 75.0 Å². The highest BCUT2D eigenvalue weighted by molar-refractivity contribution is 6.02. The first-order valence-corrected chi connectivity index (χ1v) is 11.4. The fourth-order valence-corrected chi connectivity index (χ4v) is 3.97. The Bertz CT molecular complexity index is 928. The smallest absolute Gasteiger partial charge is 0.242 e. The minimum atomic E-state index is -0.562. The molecule has 0 radical (unpaired) electrons. The molecule has 7 heteroatoms. The third-order valence-corrected chi connectivity index (χ3v) is 6.18. The van der Waals surface area contributed by atoms with Crippen LogP contribution in [0.3, 0.4) is 0 Å². The van der Waals surface area contributed by atoms with Crippen molar-refractivity contribution in [3.63, 3.8) is 0 Å². The number of hydrogen-bond acceptors (Lipinski definition) is 6. The van der Waals surface area contributed by atoms with Crippen molar-refractivity contribution < 1.29 is 19.1 Å². The lowest BCUT2D eigenvalue weighted by molar-refractivity contribution is -0.122. The van der Waals surface area contributed by atoms with Crippen molar-refractivity contribution in [3.8, 4) is 11.5 Å². The van der Waals surface area contributed by atoms with Gasteiger partial charge in [0.05, 0.1) is 20.3 Å². The van der Waals surface area contributed by atoms with E-state index in [2.05, 4.69) is 36.0 Å². The van der Waals surface area contributed by atoms with Gasteiger partial charge in [0.25, 0.3) is 0 Å². The summed E-state index contributed by atoms with van der Waals surface area (Å²) in [6.07, 6.45) is 0.123. The van der Waals surface area contributed by atoms with Crippen molar-refractivity contribution in [3.05, 3.63) is 53.6 Å². The molecule has 1 unspecified atom stereocenters. The van der Waals surface area contributed by atoms with E-state index in [0.29, 0.717) is 28.7 Å². The number of carbonyl (C=O) groups is 2. The van der Waals surface area contributed by atoms with Crippen LogP contribution in [0.4, 0.5) is 5.69 Å². The number of Topliss-reactive ketones (excluding diaryl/α,β-unsaturated/α-hetero) is 1. The van der Waals surface area contributed by atoms with E-state index in [9.17, 15) is 9.59 Å². The SMILES string of the molecule is COc1cc(NC(=O)C(CC(=O)c2ccc(C(C)C)cc2)N2CCN(C)CC2)cc(OC)c1. The number of benzene rings is 2. The first-order chi connectivity index (χ1) is 15.8. The van der Waals surface area contributed by atoms with Gasteiger partial charge in [0.15, 0.2) is 5.78 Å². The van der Waals surface area contributed by atoms with Crippen LogP contribution in [0.15, 0.2) is 42.5 Å². The zero-order chi connectivity index (χ0) is 24.0. The van der Waals surface area contributed by atoms with Gasteiger partial charge in [-0.1, -0.05) is 38.1 Å². The second-order valence-corrected chi connectivity index (χ2v) is 8.85. The molecule has 1 amide bonds. The average molecular weight is 454 g/mol. The lowest BCUT2D eigenvalue weighted by Gasteiger charge is -2.37. The van der Waals surface area contributed by atoms with Crippen molar-refractivity contribution in [1.82, 2.24) is 9.80 Å². The van der Waals surface area contributed by atoms with Gasteiger partial charge >= 0.3 is 0 Å². The normalized spacial score (nSPS) is 15.8. The predicted octanol–water partition coefficient (Wildman–Crippen LogP) is 3.65. The van der Waals surface area contributed by atoms with Crippen LogP contribution >= 0.6 is 0 Å². The molecule has 0 bridgehead atoms. The Kier molecular flexibility index (Phi) is 8.47. The summed E-state index contributed by atoms with van der Waals surface area (Å²) in [5.41, 5.74) is 2.39. The van der Waals surface area contributed by atoms with Crippen LogP contribution in [0.1, 0.15) is 42.1 Å². The molecular weight excluding hydrogens is 418 g/mol. The van der Waals surface area contributed by atoms with E-state index in [0.717, 1.165) is 26.2 Å². The summed E-state index contributed by atoms with van der Waals surface area (Å²) in [7, 11) is 5.20. The van der Waals surface area contributed by atoms with E-state index in [1.54, 1.807) is 32.4 Å². The maximum absolute atomic E-state index is 13.4. The van der Waals surface area contributed by atoms with Crippen molar-refractivity contribution in [2.75, 3.05) is 52.8 Å². The Morgan fingerprint density at radius 1 is 0.939 bits per heavy atom. The zero-order valence-electron chi connectivity index (χ0n) is 20.3. The van der Waals surface area contributed by atoms with Crippen molar-refractivity contribution in [2.45, 2.75) is 32.2 Å². The number of amides is 1. The minimum absolute atomic E-state index is 0.0346. The number of nitrogens with one attached hydrogen (secondary N) is 1. The van der Waals surface area contributed by atoms with Crippen molar-refractivity contribution in [2.24, 2.45) is 0 Å². The van der Waals surface area contributed by atoms with Gasteiger partial charge in [-0.2, -0.15) is 0 Å². The number of carbonyl (C=O) groups excluding carboxylic acids is 2. The van der Waals surface area contributed by atoms with Gasteiger partial charge in [0.2, 0.25) is 5.91 Å². The van der Waals surface area contributed by atoms with Crippen LogP contribution in [0.25, 0.3) is 0 Å². The molecule has 0 saturated carbocycles. The summed E-state index contributed by atoms with van der Waals surface area (Å²) in [4.78, 5) is 30.9. The zero-order valence-corrected chi connectivity index (χ0v) is 20.3. The lowest BCUT2D eigenvalue weighted by atomic mass is 9.97. The van der Waals surface area contributed by atoms with Crippen LogP contribution in [-0.2, 0) is 4.79 Å². The third-order valence-electron chi connectivity index (χ3n) is 6.18. The first kappa shape index (κ1) is 24.7. The highest BCUT2D eigenvalue weighted by Gasteiger charge is 2.31. The standard InChI is InChI=1S/C26H35N3O4/c1-18(2)19-6-8-20(9-7-19)25(30)17-24(29-12-10-28(3)11-13-29)26(31)27-21-14-22(32-4)16-23(15-21)33-5/h6-9,14-16,18,24H,10-13,17H2,1-5H3,(H,27,31). The fraction of sp³-hybridized carbons (Fsp3) is 0.462. The molecule has 1 aliphatic rings. The van der Waals surface area contributed by atoms with E-state index >= 15 is 0 Å². The topological polar surface area (TPSA) is 71.1 Å². The summed E-state index contributed by atoms with van der Waals surface area (Å²) in [5, 5.41) is 2.97. The molecule has 33 heavy (non-hydrogen) atoms. The molecule has 0 aromatic heterocycles. The highest BCUT2D eigenvalue weighted by atomic mass is 16.5. The van der Waals surface area contributed by atoms with E-state index in [-0.39, 0.29) is 18.1 Å². The van der Waals surface area contributed by atoms with E-state index in [1.165, 1.54) is 5.56 Å². The third kappa shape index (κ3) is 6.55. The molecule has 1 atom stereocenters. The van der Waals surface area contributed by atoms with Gasteiger partial charge < -0.3 is 19.7 Å². The number of rotatable bonds is 9. The Morgan fingerprint density at radius 2 is 1.52 bits per heavy atom. The molecule has 3 rings (SSSR count). The second kappa shape index (κ2) is 11.3. The van der Waals surface area contributed by atoms with E-state index in [4.69, 9.17) is 9.47 Å². The molecule has 1 aliphatic heterocycles. The van der Waals surface area contributed by atoms with Crippen LogP contribution in [0, 0.1) is 0 Å².